The zero-order valence-electron chi connectivity index (χ0n) is 16.5. The second-order valence-electron chi connectivity index (χ2n) is 7.65. The van der Waals surface area contributed by atoms with E-state index in [1.807, 2.05) is 60.8 Å². The molecule has 1 aliphatic carbocycles. The Morgan fingerprint density at radius 1 is 0.767 bits per heavy atom. The summed E-state index contributed by atoms with van der Waals surface area (Å²) in [6.07, 6.45) is 2.76. The molecule has 1 heterocycles. The molecule has 146 valence electrons. The monoisotopic (exact) mass is 391 g/mol. The van der Waals surface area contributed by atoms with Gasteiger partial charge in [0.25, 0.3) is 0 Å². The van der Waals surface area contributed by atoms with E-state index in [9.17, 15) is 4.79 Å². The van der Waals surface area contributed by atoms with E-state index in [1.54, 1.807) is 12.1 Å². The van der Waals surface area contributed by atoms with Crippen molar-refractivity contribution >= 4 is 5.97 Å². The van der Waals surface area contributed by atoms with Gasteiger partial charge < -0.3 is 4.74 Å². The molecule has 0 amide bonds. The van der Waals surface area contributed by atoms with Crippen molar-refractivity contribution in [2.75, 3.05) is 0 Å². The fraction of sp³-hybridized carbons (Fsp3) is 0.111. The van der Waals surface area contributed by atoms with Crippen LogP contribution in [0.2, 0.25) is 0 Å². The van der Waals surface area contributed by atoms with Gasteiger partial charge in [-0.05, 0) is 41.3 Å². The van der Waals surface area contributed by atoms with E-state index in [2.05, 4.69) is 35.3 Å². The van der Waals surface area contributed by atoms with Crippen LogP contribution in [0.4, 0.5) is 0 Å². The predicted octanol–water partition coefficient (Wildman–Crippen LogP) is 5.59. The van der Waals surface area contributed by atoms with Crippen molar-refractivity contribution in [1.82, 2.24) is 4.98 Å². The van der Waals surface area contributed by atoms with E-state index in [0.717, 1.165) is 22.4 Å². The quantitative estimate of drug-likeness (QED) is 0.329. The molecule has 0 radical (unpaired) electrons. The number of fused-ring (bicyclic) bond motifs is 3. The standard InChI is InChI=1S/C27H21NO2/c29-25(30-21-12-5-2-6-13-21)19-27(18-20-10-3-1-4-11-20)23-15-8-7-14-22(23)26-24(27)16-9-17-28-26/h1-17H,18-19H2. The van der Waals surface area contributed by atoms with Crippen LogP contribution < -0.4 is 4.74 Å². The Bertz CT molecular complexity index is 1140. The molecular weight excluding hydrogens is 370 g/mol. The zero-order valence-corrected chi connectivity index (χ0v) is 16.5. The first kappa shape index (κ1) is 18.3. The summed E-state index contributed by atoms with van der Waals surface area (Å²) in [4.78, 5) is 17.8. The SMILES string of the molecule is O=C(CC1(Cc2ccccc2)c2ccccc2-c2ncccc21)Oc1ccccc1. The van der Waals surface area contributed by atoms with Crippen LogP contribution in [0.3, 0.4) is 0 Å². The lowest BCUT2D eigenvalue weighted by Crippen LogP contribution is -2.33. The molecule has 0 saturated heterocycles. The van der Waals surface area contributed by atoms with Gasteiger partial charge >= 0.3 is 5.97 Å². The molecule has 5 rings (SSSR count). The molecule has 0 fully saturated rings. The number of benzene rings is 3. The number of para-hydroxylation sites is 1. The molecule has 30 heavy (non-hydrogen) atoms. The van der Waals surface area contributed by atoms with Crippen LogP contribution in [0.1, 0.15) is 23.1 Å². The normalized spacial score (nSPS) is 16.5. The van der Waals surface area contributed by atoms with Crippen LogP contribution in [-0.4, -0.2) is 11.0 Å². The fourth-order valence-corrected chi connectivity index (χ4v) is 4.55. The van der Waals surface area contributed by atoms with Gasteiger partial charge in [0, 0.05) is 17.2 Å². The topological polar surface area (TPSA) is 39.2 Å². The van der Waals surface area contributed by atoms with Crippen molar-refractivity contribution in [3.63, 3.8) is 0 Å². The second kappa shape index (κ2) is 7.60. The Morgan fingerprint density at radius 3 is 2.23 bits per heavy atom. The van der Waals surface area contributed by atoms with Crippen molar-refractivity contribution in [2.45, 2.75) is 18.3 Å². The van der Waals surface area contributed by atoms with Gasteiger partial charge in [-0.1, -0.05) is 78.9 Å². The van der Waals surface area contributed by atoms with Crippen LogP contribution in [0.5, 0.6) is 5.75 Å². The van der Waals surface area contributed by atoms with Gasteiger partial charge in [0.15, 0.2) is 0 Å². The first-order chi connectivity index (χ1) is 14.8. The average molecular weight is 391 g/mol. The highest BCUT2D eigenvalue weighted by Gasteiger charge is 2.45. The van der Waals surface area contributed by atoms with Crippen molar-refractivity contribution in [3.05, 3.63) is 120 Å². The maximum Gasteiger partial charge on any atom is 0.312 e. The Hall–Kier alpha value is -3.72. The van der Waals surface area contributed by atoms with E-state index < -0.39 is 5.41 Å². The minimum atomic E-state index is -0.520. The van der Waals surface area contributed by atoms with Gasteiger partial charge in [0.1, 0.15) is 5.75 Å². The van der Waals surface area contributed by atoms with Crippen molar-refractivity contribution in [2.24, 2.45) is 0 Å². The third kappa shape index (κ3) is 3.18. The van der Waals surface area contributed by atoms with E-state index in [-0.39, 0.29) is 12.4 Å². The van der Waals surface area contributed by atoms with Crippen molar-refractivity contribution in [1.29, 1.82) is 0 Å². The van der Waals surface area contributed by atoms with Gasteiger partial charge in [-0.2, -0.15) is 0 Å². The summed E-state index contributed by atoms with van der Waals surface area (Å²) in [5.74, 6) is 0.318. The fourth-order valence-electron chi connectivity index (χ4n) is 4.55. The third-order valence-electron chi connectivity index (χ3n) is 5.79. The second-order valence-corrected chi connectivity index (χ2v) is 7.65. The zero-order chi connectivity index (χ0) is 20.4. The van der Waals surface area contributed by atoms with Gasteiger partial charge in [-0.3, -0.25) is 9.78 Å². The van der Waals surface area contributed by atoms with E-state index in [0.29, 0.717) is 12.2 Å². The predicted molar refractivity (Wildman–Crippen MR) is 117 cm³/mol. The van der Waals surface area contributed by atoms with Crippen molar-refractivity contribution in [3.8, 4) is 17.0 Å². The first-order valence-electron chi connectivity index (χ1n) is 10.1. The molecule has 0 bridgehead atoms. The lowest BCUT2D eigenvalue weighted by Gasteiger charge is -2.31. The molecule has 1 aliphatic rings. The number of rotatable bonds is 5. The van der Waals surface area contributed by atoms with Crippen LogP contribution >= 0.6 is 0 Å². The number of hydrogen-bond acceptors (Lipinski definition) is 3. The Kier molecular flexibility index (Phi) is 4.64. The molecule has 4 aromatic rings. The molecule has 1 unspecified atom stereocenters. The van der Waals surface area contributed by atoms with Gasteiger partial charge in [0.2, 0.25) is 0 Å². The summed E-state index contributed by atoms with van der Waals surface area (Å²) in [6.45, 7) is 0. The number of ether oxygens (including phenoxy) is 1. The number of aromatic nitrogens is 1. The van der Waals surface area contributed by atoms with Gasteiger partial charge in [0.05, 0.1) is 12.1 Å². The molecule has 0 saturated carbocycles. The number of carbonyl (C=O) groups excluding carboxylic acids is 1. The molecule has 3 nitrogen and oxygen atoms in total. The summed E-state index contributed by atoms with van der Waals surface area (Å²) in [7, 11) is 0. The summed E-state index contributed by atoms with van der Waals surface area (Å²) < 4.78 is 5.71. The molecule has 3 aromatic carbocycles. The summed E-state index contributed by atoms with van der Waals surface area (Å²) in [6, 6.07) is 31.9. The highest BCUT2D eigenvalue weighted by Crippen LogP contribution is 2.51. The molecule has 0 spiro atoms. The average Bonchev–Trinajstić information content (AvgIpc) is 3.05. The Balaban J connectivity index is 1.62. The lowest BCUT2D eigenvalue weighted by atomic mass is 9.71. The van der Waals surface area contributed by atoms with Crippen molar-refractivity contribution < 1.29 is 9.53 Å². The number of hydrogen-bond donors (Lipinski definition) is 0. The van der Waals surface area contributed by atoms with Crippen LogP contribution in [0.25, 0.3) is 11.3 Å². The maximum atomic E-state index is 13.1. The van der Waals surface area contributed by atoms with Crippen LogP contribution in [0.15, 0.2) is 103 Å². The van der Waals surface area contributed by atoms with E-state index in [1.165, 1.54) is 5.56 Å². The minimum absolute atomic E-state index is 0.243. The molecule has 1 atom stereocenters. The number of esters is 1. The number of nitrogens with zero attached hydrogens (tertiary/aromatic N) is 1. The summed E-state index contributed by atoms with van der Waals surface area (Å²) in [5, 5.41) is 0. The minimum Gasteiger partial charge on any atom is -0.426 e. The Morgan fingerprint density at radius 2 is 1.43 bits per heavy atom. The number of pyridine rings is 1. The molecule has 0 aliphatic heterocycles. The third-order valence-corrected chi connectivity index (χ3v) is 5.79. The lowest BCUT2D eigenvalue weighted by molar-refractivity contribution is -0.135. The smallest absolute Gasteiger partial charge is 0.312 e. The van der Waals surface area contributed by atoms with E-state index in [4.69, 9.17) is 4.74 Å². The molecular formula is C27H21NO2. The highest BCUT2D eigenvalue weighted by molar-refractivity contribution is 5.83. The molecule has 0 N–H and O–H groups in total. The van der Waals surface area contributed by atoms with Gasteiger partial charge in [-0.25, -0.2) is 0 Å². The van der Waals surface area contributed by atoms with E-state index >= 15 is 0 Å². The van der Waals surface area contributed by atoms with Crippen LogP contribution in [-0.2, 0) is 16.6 Å². The highest BCUT2D eigenvalue weighted by atomic mass is 16.5. The summed E-state index contributed by atoms with van der Waals surface area (Å²) in [5.41, 5.74) is 4.92. The van der Waals surface area contributed by atoms with Crippen LogP contribution in [0, 0.1) is 0 Å². The molecule has 1 aromatic heterocycles. The molecule has 3 heteroatoms. The van der Waals surface area contributed by atoms with Gasteiger partial charge in [-0.15, -0.1) is 0 Å². The first-order valence-corrected chi connectivity index (χ1v) is 10.1. The number of carbonyl (C=O) groups is 1. The maximum absolute atomic E-state index is 13.1. The Labute approximate surface area is 176 Å². The largest absolute Gasteiger partial charge is 0.426 e. The summed E-state index contributed by atoms with van der Waals surface area (Å²) >= 11 is 0.